The molecule has 2 amide bonds. The van der Waals surface area contributed by atoms with E-state index in [4.69, 9.17) is 11.6 Å². The van der Waals surface area contributed by atoms with Gasteiger partial charge in [-0.15, -0.1) is 11.3 Å². The molecule has 0 bridgehead atoms. The second-order valence-electron chi connectivity index (χ2n) is 8.83. The summed E-state index contributed by atoms with van der Waals surface area (Å²) in [4.78, 5) is 21.3. The van der Waals surface area contributed by atoms with Crippen LogP contribution in [0.3, 0.4) is 0 Å². The van der Waals surface area contributed by atoms with Gasteiger partial charge in [0.05, 0.1) is 5.54 Å². The van der Waals surface area contributed by atoms with E-state index in [0.717, 1.165) is 51.1 Å². The molecule has 5 rings (SSSR count). The molecule has 0 radical (unpaired) electrons. The van der Waals surface area contributed by atoms with E-state index in [1.807, 2.05) is 35.6 Å². The fourth-order valence-electron chi connectivity index (χ4n) is 5.62. The standard InChI is InChI=1S/C24H30ClN3OS/c1-2-27-14-11-24(12-15-27)22-20(19-8-3-4-9-21(19)30-22)10-13-28(24)23(29)26-18-7-5-6-17(25)16-18/h5-7,16H,2-4,8-15H2,1H3,(H,26,29). The van der Waals surface area contributed by atoms with Crippen molar-refractivity contribution in [2.45, 2.75) is 57.4 Å². The number of nitrogens with zero attached hydrogens (tertiary/aromatic N) is 2. The summed E-state index contributed by atoms with van der Waals surface area (Å²) in [6.45, 7) is 6.23. The lowest BCUT2D eigenvalue weighted by atomic mass is 9.77. The third kappa shape index (κ3) is 3.45. The van der Waals surface area contributed by atoms with Crippen LogP contribution in [0.25, 0.3) is 0 Å². The average Bonchev–Trinajstić information content (AvgIpc) is 3.14. The molecule has 1 spiro atoms. The molecular formula is C24H30ClN3OS. The number of piperidine rings is 1. The Balaban J connectivity index is 1.50. The normalized spacial score (nSPS) is 20.7. The summed E-state index contributed by atoms with van der Waals surface area (Å²) in [7, 11) is 0. The maximum Gasteiger partial charge on any atom is 0.322 e. The monoisotopic (exact) mass is 443 g/mol. The van der Waals surface area contributed by atoms with Gasteiger partial charge in [0.1, 0.15) is 0 Å². The van der Waals surface area contributed by atoms with E-state index in [-0.39, 0.29) is 11.6 Å². The molecule has 2 aliphatic heterocycles. The van der Waals surface area contributed by atoms with Gasteiger partial charge in [0.2, 0.25) is 0 Å². The molecule has 1 fully saturated rings. The number of thiophene rings is 1. The zero-order valence-electron chi connectivity index (χ0n) is 17.7. The zero-order chi connectivity index (χ0) is 20.7. The second kappa shape index (κ2) is 8.18. The molecule has 3 aliphatic rings. The van der Waals surface area contributed by atoms with E-state index < -0.39 is 0 Å². The number of nitrogens with one attached hydrogen (secondary N) is 1. The highest BCUT2D eigenvalue weighted by Crippen LogP contribution is 2.50. The average molecular weight is 444 g/mol. The molecule has 3 heterocycles. The van der Waals surface area contributed by atoms with Crippen molar-refractivity contribution < 1.29 is 4.79 Å². The first-order chi connectivity index (χ1) is 14.6. The van der Waals surface area contributed by atoms with Crippen molar-refractivity contribution in [3.8, 4) is 0 Å². The summed E-state index contributed by atoms with van der Waals surface area (Å²) in [5.74, 6) is 0. The van der Waals surface area contributed by atoms with E-state index in [9.17, 15) is 4.79 Å². The number of benzene rings is 1. The molecule has 0 unspecified atom stereocenters. The van der Waals surface area contributed by atoms with Gasteiger partial charge in [-0.25, -0.2) is 4.79 Å². The van der Waals surface area contributed by atoms with Crippen LogP contribution in [-0.4, -0.2) is 42.0 Å². The molecule has 160 valence electrons. The van der Waals surface area contributed by atoms with Crippen LogP contribution >= 0.6 is 22.9 Å². The minimum absolute atomic E-state index is 0.0132. The van der Waals surface area contributed by atoms with Crippen LogP contribution in [-0.2, 0) is 24.8 Å². The van der Waals surface area contributed by atoms with Gasteiger partial charge < -0.3 is 15.1 Å². The fraction of sp³-hybridized carbons (Fsp3) is 0.542. The van der Waals surface area contributed by atoms with Crippen molar-refractivity contribution in [1.82, 2.24) is 9.80 Å². The van der Waals surface area contributed by atoms with E-state index in [2.05, 4.69) is 22.0 Å². The number of hydrogen-bond acceptors (Lipinski definition) is 3. The predicted molar refractivity (Wildman–Crippen MR) is 125 cm³/mol. The molecule has 1 saturated heterocycles. The lowest BCUT2D eigenvalue weighted by Crippen LogP contribution is -2.58. The molecule has 1 aromatic carbocycles. The molecule has 4 nitrogen and oxygen atoms in total. The van der Waals surface area contributed by atoms with Gasteiger partial charge in [0.15, 0.2) is 0 Å². The van der Waals surface area contributed by atoms with Crippen molar-refractivity contribution in [2.24, 2.45) is 0 Å². The number of rotatable bonds is 2. The highest BCUT2D eigenvalue weighted by atomic mass is 35.5. The Kier molecular flexibility index (Phi) is 5.55. The fourth-order valence-corrected chi connectivity index (χ4v) is 7.51. The molecule has 30 heavy (non-hydrogen) atoms. The molecule has 1 aliphatic carbocycles. The van der Waals surface area contributed by atoms with E-state index in [1.54, 1.807) is 16.0 Å². The molecule has 2 aromatic rings. The summed E-state index contributed by atoms with van der Waals surface area (Å²) >= 11 is 8.17. The Labute approximate surface area is 188 Å². The van der Waals surface area contributed by atoms with Crippen LogP contribution < -0.4 is 5.32 Å². The number of likely N-dealkylation sites (tertiary alicyclic amines) is 1. The summed E-state index contributed by atoms with van der Waals surface area (Å²) in [5.41, 5.74) is 3.83. The number of amides is 2. The van der Waals surface area contributed by atoms with Crippen LogP contribution in [0.15, 0.2) is 24.3 Å². The molecule has 0 atom stereocenters. The van der Waals surface area contributed by atoms with Gasteiger partial charge in [-0.05, 0) is 80.8 Å². The molecule has 1 aromatic heterocycles. The Hall–Kier alpha value is -1.56. The number of hydrogen-bond donors (Lipinski definition) is 1. The van der Waals surface area contributed by atoms with Crippen LogP contribution in [0.4, 0.5) is 10.5 Å². The minimum atomic E-state index is -0.163. The summed E-state index contributed by atoms with van der Waals surface area (Å²) < 4.78 is 0. The summed E-state index contributed by atoms with van der Waals surface area (Å²) in [6, 6.07) is 7.47. The van der Waals surface area contributed by atoms with Gasteiger partial charge >= 0.3 is 6.03 Å². The first-order valence-electron chi connectivity index (χ1n) is 11.3. The Bertz CT molecular complexity index is 948. The highest BCUT2D eigenvalue weighted by Gasteiger charge is 2.49. The zero-order valence-corrected chi connectivity index (χ0v) is 19.2. The van der Waals surface area contributed by atoms with Crippen molar-refractivity contribution in [3.63, 3.8) is 0 Å². The van der Waals surface area contributed by atoms with E-state index in [0.29, 0.717) is 5.02 Å². The van der Waals surface area contributed by atoms with Crippen LogP contribution in [0.1, 0.15) is 53.5 Å². The molecule has 0 saturated carbocycles. The molecule has 1 N–H and O–H groups in total. The Morgan fingerprint density at radius 1 is 1.13 bits per heavy atom. The van der Waals surface area contributed by atoms with Gasteiger partial charge in [-0.1, -0.05) is 24.6 Å². The van der Waals surface area contributed by atoms with E-state index >= 15 is 0 Å². The Morgan fingerprint density at radius 3 is 2.70 bits per heavy atom. The first kappa shape index (κ1) is 20.3. The molecular weight excluding hydrogens is 414 g/mol. The number of carbonyl (C=O) groups is 1. The third-order valence-electron chi connectivity index (χ3n) is 7.26. The number of carbonyl (C=O) groups excluding carboxylic acids is 1. The second-order valence-corrected chi connectivity index (χ2v) is 10.4. The SMILES string of the molecule is CCN1CCC2(CC1)c1sc3c(c1CCN2C(=O)Nc1cccc(Cl)c1)CCCC3. The molecule has 6 heteroatoms. The third-order valence-corrected chi connectivity index (χ3v) is 9.02. The summed E-state index contributed by atoms with van der Waals surface area (Å²) in [5, 5.41) is 3.78. The number of urea groups is 1. The maximum absolute atomic E-state index is 13.5. The topological polar surface area (TPSA) is 35.6 Å². The largest absolute Gasteiger partial charge is 0.322 e. The van der Waals surface area contributed by atoms with Gasteiger partial charge in [-0.3, -0.25) is 0 Å². The minimum Gasteiger partial charge on any atom is -0.314 e. The first-order valence-corrected chi connectivity index (χ1v) is 12.5. The van der Waals surface area contributed by atoms with Crippen LogP contribution in [0.2, 0.25) is 5.02 Å². The number of aryl methyl sites for hydroxylation is 1. The van der Waals surface area contributed by atoms with Crippen molar-refractivity contribution in [1.29, 1.82) is 0 Å². The van der Waals surface area contributed by atoms with Crippen molar-refractivity contribution >= 4 is 34.7 Å². The predicted octanol–water partition coefficient (Wildman–Crippen LogP) is 5.68. The van der Waals surface area contributed by atoms with Gasteiger partial charge in [0.25, 0.3) is 0 Å². The van der Waals surface area contributed by atoms with Crippen molar-refractivity contribution in [3.05, 3.63) is 50.2 Å². The summed E-state index contributed by atoms with van der Waals surface area (Å²) in [6.07, 6.45) is 8.11. The lowest BCUT2D eigenvalue weighted by Gasteiger charge is -2.51. The Morgan fingerprint density at radius 2 is 1.93 bits per heavy atom. The van der Waals surface area contributed by atoms with Crippen molar-refractivity contribution in [2.75, 3.05) is 31.5 Å². The van der Waals surface area contributed by atoms with E-state index in [1.165, 1.54) is 30.6 Å². The number of anilines is 1. The quantitative estimate of drug-likeness (QED) is 0.647. The number of halogens is 1. The van der Waals surface area contributed by atoms with Crippen LogP contribution in [0, 0.1) is 0 Å². The lowest BCUT2D eigenvalue weighted by molar-refractivity contribution is 0.0448. The number of fused-ring (bicyclic) bond motifs is 4. The van der Waals surface area contributed by atoms with Gasteiger partial charge in [-0.2, -0.15) is 0 Å². The van der Waals surface area contributed by atoms with Gasteiger partial charge in [0, 0.05) is 40.1 Å². The smallest absolute Gasteiger partial charge is 0.314 e. The highest BCUT2D eigenvalue weighted by molar-refractivity contribution is 7.12. The maximum atomic E-state index is 13.5. The van der Waals surface area contributed by atoms with Crippen LogP contribution in [0.5, 0.6) is 0 Å².